The van der Waals surface area contributed by atoms with Gasteiger partial charge in [0.05, 0.1) is 24.6 Å². The Kier molecular flexibility index (Phi) is 6.34. The van der Waals surface area contributed by atoms with Gasteiger partial charge in [-0.25, -0.2) is 4.79 Å². The minimum Gasteiger partial charge on any atom is -0.497 e. The van der Waals surface area contributed by atoms with E-state index in [1.165, 1.54) is 11.7 Å². The van der Waals surface area contributed by atoms with Gasteiger partial charge in [0.25, 0.3) is 5.56 Å². The molecule has 9 heteroatoms. The highest BCUT2D eigenvalue weighted by Crippen LogP contribution is 2.31. The lowest BCUT2D eigenvalue weighted by atomic mass is 9.81. The molecule has 2 fully saturated rings. The summed E-state index contributed by atoms with van der Waals surface area (Å²) in [6.45, 7) is 4.29. The molecule has 0 bridgehead atoms. The highest BCUT2D eigenvalue weighted by atomic mass is 16.5. The zero-order chi connectivity index (χ0) is 22.8. The van der Waals surface area contributed by atoms with Gasteiger partial charge < -0.3 is 19.5 Å². The van der Waals surface area contributed by atoms with Crippen LogP contribution in [0.25, 0.3) is 10.9 Å². The lowest BCUT2D eigenvalue weighted by Gasteiger charge is -2.37. The smallest absolute Gasteiger partial charge is 0.328 e. The van der Waals surface area contributed by atoms with Crippen molar-refractivity contribution in [1.29, 1.82) is 0 Å². The summed E-state index contributed by atoms with van der Waals surface area (Å²) in [6, 6.07) is 5.01. The molecule has 1 N–H and O–H groups in total. The van der Waals surface area contributed by atoms with E-state index in [4.69, 9.17) is 4.74 Å². The molecule has 1 aromatic carbocycles. The molecule has 9 nitrogen and oxygen atoms in total. The van der Waals surface area contributed by atoms with Crippen molar-refractivity contribution < 1.29 is 14.3 Å². The number of hydrogen-bond acceptors (Lipinski definition) is 5. The number of carbonyl (C=O) groups is 2. The minimum absolute atomic E-state index is 0.00678. The fourth-order valence-electron chi connectivity index (χ4n) is 4.86. The fraction of sp³-hybridized carbons (Fsp3) is 0.565. The maximum Gasteiger partial charge on any atom is 0.328 e. The van der Waals surface area contributed by atoms with Crippen molar-refractivity contribution in [1.82, 2.24) is 19.4 Å². The van der Waals surface area contributed by atoms with Crippen LogP contribution in [0.3, 0.4) is 0 Å². The van der Waals surface area contributed by atoms with Crippen LogP contribution in [0.1, 0.15) is 32.6 Å². The number of nitrogens with zero attached hydrogens (tertiary/aromatic N) is 3. The van der Waals surface area contributed by atoms with Crippen LogP contribution in [0.4, 0.5) is 0 Å². The van der Waals surface area contributed by atoms with E-state index in [0.717, 1.165) is 12.8 Å². The molecule has 0 atom stereocenters. The molecule has 1 aromatic heterocycles. The molecule has 32 heavy (non-hydrogen) atoms. The highest BCUT2D eigenvalue weighted by molar-refractivity contribution is 5.87. The Morgan fingerprint density at radius 1 is 1.12 bits per heavy atom. The van der Waals surface area contributed by atoms with Crippen molar-refractivity contribution in [2.75, 3.05) is 33.3 Å². The molecule has 0 radical (unpaired) electrons. The third-order valence-corrected chi connectivity index (χ3v) is 6.84. The summed E-state index contributed by atoms with van der Waals surface area (Å²) in [7, 11) is 1.53. The van der Waals surface area contributed by atoms with Gasteiger partial charge in [0.1, 0.15) is 5.75 Å². The molecule has 1 saturated carbocycles. The van der Waals surface area contributed by atoms with Gasteiger partial charge >= 0.3 is 5.69 Å². The molecule has 1 saturated heterocycles. The Morgan fingerprint density at radius 3 is 2.53 bits per heavy atom. The lowest BCUT2D eigenvalue weighted by Crippen LogP contribution is -2.53. The van der Waals surface area contributed by atoms with Gasteiger partial charge in [0.15, 0.2) is 0 Å². The topological polar surface area (TPSA) is 105 Å². The van der Waals surface area contributed by atoms with Crippen LogP contribution < -0.4 is 16.0 Å². The van der Waals surface area contributed by atoms with Crippen LogP contribution in [0.15, 0.2) is 27.8 Å². The maximum atomic E-state index is 12.9. The first kappa shape index (κ1) is 22.1. The van der Waals surface area contributed by atoms with Gasteiger partial charge in [-0.05, 0) is 56.7 Å². The van der Waals surface area contributed by atoms with Gasteiger partial charge in [-0.1, -0.05) is 0 Å². The zero-order valence-electron chi connectivity index (χ0n) is 18.6. The van der Waals surface area contributed by atoms with E-state index in [2.05, 4.69) is 4.98 Å². The van der Waals surface area contributed by atoms with E-state index in [1.807, 2.05) is 6.92 Å². The van der Waals surface area contributed by atoms with E-state index < -0.39 is 5.69 Å². The highest BCUT2D eigenvalue weighted by Gasteiger charge is 2.33. The predicted octanol–water partition coefficient (Wildman–Crippen LogP) is 1.20. The van der Waals surface area contributed by atoms with Crippen LogP contribution in [0, 0.1) is 11.8 Å². The van der Waals surface area contributed by atoms with Crippen molar-refractivity contribution in [2.24, 2.45) is 11.8 Å². The summed E-state index contributed by atoms with van der Waals surface area (Å²) in [4.78, 5) is 56.7. The zero-order valence-corrected chi connectivity index (χ0v) is 18.6. The number of aromatic amines is 1. The van der Waals surface area contributed by atoms with Gasteiger partial charge in [0, 0.05) is 32.1 Å². The number of H-pyrrole nitrogens is 1. The molecule has 0 spiro atoms. The average Bonchev–Trinajstić information content (AvgIpc) is 2.81. The number of hydrogen-bond donors (Lipinski definition) is 1. The number of likely N-dealkylation sites (N-methyl/N-ethyl adjacent to an activating group) is 1. The lowest BCUT2D eigenvalue weighted by molar-refractivity contribution is -0.148. The Hall–Kier alpha value is -3.10. The number of benzene rings is 1. The number of fused-ring (bicyclic) bond motifs is 1. The monoisotopic (exact) mass is 442 g/mol. The largest absolute Gasteiger partial charge is 0.497 e. The Morgan fingerprint density at radius 2 is 1.88 bits per heavy atom. The molecular weight excluding hydrogens is 412 g/mol. The first-order valence-corrected chi connectivity index (χ1v) is 11.3. The van der Waals surface area contributed by atoms with E-state index in [-0.39, 0.29) is 35.8 Å². The molecule has 4 rings (SSSR count). The van der Waals surface area contributed by atoms with E-state index in [1.54, 1.807) is 28.0 Å². The van der Waals surface area contributed by atoms with Gasteiger partial charge in [-0.15, -0.1) is 0 Å². The SMILES string of the molecule is CCN1CCN(C(=O)[C@H]2CC[C@H](Cn3c(=O)[nH]c4ccc(OC)cc4c3=O)CC2)CC1=O. The quantitative estimate of drug-likeness (QED) is 0.749. The Labute approximate surface area is 186 Å². The van der Waals surface area contributed by atoms with E-state index >= 15 is 0 Å². The number of nitrogens with one attached hydrogen (secondary N) is 1. The van der Waals surface area contributed by atoms with Crippen LogP contribution in [0.5, 0.6) is 5.75 Å². The van der Waals surface area contributed by atoms with Crippen LogP contribution in [0.2, 0.25) is 0 Å². The van der Waals surface area contributed by atoms with Gasteiger partial charge in [-0.2, -0.15) is 0 Å². The van der Waals surface area contributed by atoms with Crippen molar-refractivity contribution in [3.05, 3.63) is 39.0 Å². The fourth-order valence-corrected chi connectivity index (χ4v) is 4.86. The molecule has 172 valence electrons. The number of aromatic nitrogens is 2. The van der Waals surface area contributed by atoms with Crippen molar-refractivity contribution >= 4 is 22.7 Å². The summed E-state index contributed by atoms with van der Waals surface area (Å²) in [5.41, 5.74) is -0.254. The third-order valence-electron chi connectivity index (χ3n) is 6.84. The number of rotatable bonds is 5. The first-order valence-electron chi connectivity index (χ1n) is 11.3. The molecular formula is C23H30N4O5. The van der Waals surface area contributed by atoms with Gasteiger partial charge in [0.2, 0.25) is 11.8 Å². The molecule has 2 aliphatic rings. The van der Waals surface area contributed by atoms with Crippen molar-refractivity contribution in [2.45, 2.75) is 39.2 Å². The second-order valence-electron chi connectivity index (χ2n) is 8.71. The summed E-state index contributed by atoms with van der Waals surface area (Å²) in [5, 5.41) is 0.420. The third kappa shape index (κ3) is 4.28. The maximum absolute atomic E-state index is 12.9. The molecule has 2 amide bonds. The van der Waals surface area contributed by atoms with Gasteiger partial charge in [-0.3, -0.25) is 19.0 Å². The van der Waals surface area contributed by atoms with Crippen LogP contribution in [-0.2, 0) is 16.1 Å². The summed E-state index contributed by atoms with van der Waals surface area (Å²) < 4.78 is 6.46. The predicted molar refractivity (Wildman–Crippen MR) is 120 cm³/mol. The average molecular weight is 443 g/mol. The normalized spacial score (nSPS) is 21.8. The first-order chi connectivity index (χ1) is 15.4. The van der Waals surface area contributed by atoms with Crippen LogP contribution in [-0.4, -0.2) is 64.5 Å². The summed E-state index contributed by atoms with van der Waals surface area (Å²) in [5.74, 6) is 0.681. The molecule has 2 heterocycles. The van der Waals surface area contributed by atoms with E-state index in [9.17, 15) is 19.2 Å². The molecule has 1 aliphatic heterocycles. The number of methoxy groups -OCH3 is 1. The Balaban J connectivity index is 1.41. The number of piperazine rings is 1. The number of carbonyl (C=O) groups excluding carboxylic acids is 2. The summed E-state index contributed by atoms with van der Waals surface area (Å²) >= 11 is 0. The number of ether oxygens (including phenoxy) is 1. The second kappa shape index (κ2) is 9.18. The molecule has 0 unspecified atom stereocenters. The molecule has 2 aromatic rings. The van der Waals surface area contributed by atoms with Crippen LogP contribution >= 0.6 is 0 Å². The number of amides is 2. The second-order valence-corrected chi connectivity index (χ2v) is 8.71. The van der Waals surface area contributed by atoms with E-state index in [0.29, 0.717) is 55.7 Å². The van der Waals surface area contributed by atoms with Crippen molar-refractivity contribution in [3.8, 4) is 5.75 Å². The summed E-state index contributed by atoms with van der Waals surface area (Å²) in [6.07, 6.45) is 2.95. The minimum atomic E-state index is -0.418. The molecule has 1 aliphatic carbocycles. The standard InChI is InChI=1S/C23H30N4O5/c1-3-25-10-11-26(14-20(25)28)21(29)16-6-4-15(5-7-16)13-27-22(30)18-12-17(32-2)8-9-19(18)24-23(27)31/h8-9,12,15-16H,3-7,10-11,13-14H2,1-2H3,(H,24,31)/t15-,16-. The Bertz CT molecular complexity index is 1130. The van der Waals surface area contributed by atoms with Crippen molar-refractivity contribution in [3.63, 3.8) is 0 Å².